The number of carbonyl (C=O) groups is 2. The maximum Gasteiger partial charge on any atom is 0.419 e. The van der Waals surface area contributed by atoms with E-state index in [9.17, 15) is 18.4 Å². The molecule has 1 aromatic heterocycles. The van der Waals surface area contributed by atoms with Gasteiger partial charge in [0, 0.05) is 22.9 Å². The van der Waals surface area contributed by atoms with Crippen LogP contribution in [0.4, 0.5) is 18.0 Å². The standard InChI is InChI=1S/C26H24F3NO4/c1-25(2,3)33-21(31)12-11-18-19-13-17(28)14-20(29)23(19)30(24(32)34-26(4,5)6)22(18)15-7-9-16(27)10-8-15/h7-10,13-14H,1-6H3. The number of fused-ring (bicyclic) bond motifs is 1. The Labute approximate surface area is 195 Å². The number of ether oxygens (including phenoxy) is 2. The van der Waals surface area contributed by atoms with Crippen molar-refractivity contribution in [3.05, 3.63) is 59.4 Å². The Bertz CT molecular complexity index is 1330. The summed E-state index contributed by atoms with van der Waals surface area (Å²) in [6.45, 7) is 9.88. The van der Waals surface area contributed by atoms with Gasteiger partial charge in [-0.3, -0.25) is 0 Å². The average molecular weight is 471 g/mol. The number of esters is 1. The van der Waals surface area contributed by atoms with Gasteiger partial charge in [-0.2, -0.15) is 0 Å². The number of aromatic nitrogens is 1. The molecule has 178 valence electrons. The smallest absolute Gasteiger partial charge is 0.419 e. The first-order valence-electron chi connectivity index (χ1n) is 10.4. The Morgan fingerprint density at radius 2 is 1.44 bits per heavy atom. The minimum Gasteiger partial charge on any atom is -0.450 e. The zero-order chi connectivity index (χ0) is 25.4. The second-order valence-corrected chi connectivity index (χ2v) is 9.58. The summed E-state index contributed by atoms with van der Waals surface area (Å²) in [6.07, 6.45) is -0.951. The van der Waals surface area contributed by atoms with Crippen LogP contribution in [0.1, 0.15) is 47.1 Å². The molecule has 34 heavy (non-hydrogen) atoms. The fraction of sp³-hybridized carbons (Fsp3) is 0.308. The molecule has 0 aliphatic carbocycles. The van der Waals surface area contributed by atoms with Crippen molar-refractivity contribution in [2.24, 2.45) is 0 Å². The first kappa shape index (κ1) is 24.9. The second kappa shape index (κ2) is 8.90. The van der Waals surface area contributed by atoms with Crippen molar-refractivity contribution in [1.82, 2.24) is 4.57 Å². The van der Waals surface area contributed by atoms with Gasteiger partial charge in [0.2, 0.25) is 0 Å². The van der Waals surface area contributed by atoms with Crippen molar-refractivity contribution >= 4 is 23.0 Å². The number of rotatable bonds is 1. The van der Waals surface area contributed by atoms with Crippen molar-refractivity contribution in [2.45, 2.75) is 52.7 Å². The normalized spacial score (nSPS) is 11.7. The Morgan fingerprint density at radius 1 is 0.853 bits per heavy atom. The molecule has 0 aliphatic rings. The van der Waals surface area contributed by atoms with Crippen molar-refractivity contribution in [2.75, 3.05) is 0 Å². The summed E-state index contributed by atoms with van der Waals surface area (Å²) in [5.41, 5.74) is -1.76. The quantitative estimate of drug-likeness (QED) is 0.313. The van der Waals surface area contributed by atoms with Crippen LogP contribution < -0.4 is 0 Å². The molecular formula is C26H24F3NO4. The highest BCUT2D eigenvalue weighted by Crippen LogP contribution is 2.36. The lowest BCUT2D eigenvalue weighted by Crippen LogP contribution is -2.27. The molecule has 0 saturated carbocycles. The van der Waals surface area contributed by atoms with Crippen molar-refractivity contribution in [3.8, 4) is 23.1 Å². The highest BCUT2D eigenvalue weighted by molar-refractivity contribution is 6.03. The van der Waals surface area contributed by atoms with Crippen LogP contribution in [0.25, 0.3) is 22.2 Å². The Balaban J connectivity index is 2.39. The molecule has 0 atom stereocenters. The fourth-order valence-electron chi connectivity index (χ4n) is 3.25. The molecule has 0 N–H and O–H groups in total. The number of halogens is 3. The lowest BCUT2D eigenvalue weighted by atomic mass is 10.0. The molecule has 0 unspecified atom stereocenters. The van der Waals surface area contributed by atoms with Crippen LogP contribution in [-0.4, -0.2) is 27.8 Å². The maximum atomic E-state index is 15.0. The van der Waals surface area contributed by atoms with E-state index in [1.54, 1.807) is 41.5 Å². The van der Waals surface area contributed by atoms with E-state index in [-0.39, 0.29) is 27.7 Å². The lowest BCUT2D eigenvalue weighted by molar-refractivity contribution is -0.147. The van der Waals surface area contributed by atoms with Crippen molar-refractivity contribution in [1.29, 1.82) is 0 Å². The van der Waals surface area contributed by atoms with Gasteiger partial charge in [0.05, 0.1) is 16.8 Å². The van der Waals surface area contributed by atoms with E-state index >= 15 is 4.39 Å². The van der Waals surface area contributed by atoms with Gasteiger partial charge < -0.3 is 9.47 Å². The van der Waals surface area contributed by atoms with Gasteiger partial charge >= 0.3 is 12.1 Å². The topological polar surface area (TPSA) is 57.5 Å². The third-order valence-corrected chi connectivity index (χ3v) is 4.36. The molecule has 0 fully saturated rings. The van der Waals surface area contributed by atoms with Crippen LogP contribution in [-0.2, 0) is 14.3 Å². The third kappa shape index (κ3) is 5.60. The van der Waals surface area contributed by atoms with Crippen LogP contribution >= 0.6 is 0 Å². The van der Waals surface area contributed by atoms with Crippen LogP contribution in [0.15, 0.2) is 36.4 Å². The minimum absolute atomic E-state index is 0.0169. The summed E-state index contributed by atoms with van der Waals surface area (Å²) in [5, 5.41) is -0.0567. The molecule has 1 heterocycles. The molecule has 0 bridgehead atoms. The van der Waals surface area contributed by atoms with E-state index in [1.807, 2.05) is 0 Å². The Hall–Kier alpha value is -3.73. The number of nitrogens with zero attached hydrogens (tertiary/aromatic N) is 1. The van der Waals surface area contributed by atoms with Crippen molar-refractivity contribution in [3.63, 3.8) is 0 Å². The predicted molar refractivity (Wildman–Crippen MR) is 122 cm³/mol. The largest absolute Gasteiger partial charge is 0.450 e. The lowest BCUT2D eigenvalue weighted by Gasteiger charge is -2.21. The molecule has 0 amide bonds. The Kier molecular flexibility index (Phi) is 6.52. The summed E-state index contributed by atoms with van der Waals surface area (Å²) in [4.78, 5) is 25.4. The van der Waals surface area contributed by atoms with Crippen molar-refractivity contribution < 1.29 is 32.2 Å². The van der Waals surface area contributed by atoms with E-state index in [4.69, 9.17) is 9.47 Å². The fourth-order valence-corrected chi connectivity index (χ4v) is 3.25. The Morgan fingerprint density at radius 3 is 2.00 bits per heavy atom. The summed E-state index contributed by atoms with van der Waals surface area (Å²) in [7, 11) is 0. The SMILES string of the molecule is CC(C)(C)OC(=O)C#Cc1c(-c2ccc(F)cc2)n(C(=O)OC(C)(C)C)c2c(F)cc(F)cc12. The van der Waals surface area contributed by atoms with Crippen LogP contribution in [0.2, 0.25) is 0 Å². The number of hydrogen-bond donors (Lipinski definition) is 0. The zero-order valence-electron chi connectivity index (χ0n) is 19.7. The molecule has 0 radical (unpaired) electrons. The first-order valence-corrected chi connectivity index (χ1v) is 10.4. The molecule has 3 aromatic rings. The maximum absolute atomic E-state index is 15.0. The highest BCUT2D eigenvalue weighted by Gasteiger charge is 2.28. The number of hydrogen-bond acceptors (Lipinski definition) is 4. The zero-order valence-corrected chi connectivity index (χ0v) is 19.7. The van der Waals surface area contributed by atoms with Gasteiger partial charge in [-0.25, -0.2) is 27.3 Å². The predicted octanol–water partition coefficient (Wildman–Crippen LogP) is 6.20. The average Bonchev–Trinajstić information content (AvgIpc) is 2.99. The van der Waals surface area contributed by atoms with Gasteiger partial charge in [-0.15, -0.1) is 0 Å². The van der Waals surface area contributed by atoms with Gasteiger partial charge in [-0.05, 0) is 71.9 Å². The summed E-state index contributed by atoms with van der Waals surface area (Å²) in [5.74, 6) is 1.57. The monoisotopic (exact) mass is 471 g/mol. The third-order valence-electron chi connectivity index (χ3n) is 4.36. The van der Waals surface area contributed by atoms with E-state index < -0.39 is 40.7 Å². The molecule has 8 heteroatoms. The van der Waals surface area contributed by atoms with Gasteiger partial charge in [0.1, 0.15) is 22.8 Å². The van der Waals surface area contributed by atoms with Crippen LogP contribution in [0, 0.1) is 29.3 Å². The number of carbonyl (C=O) groups excluding carboxylic acids is 2. The van der Waals surface area contributed by atoms with E-state index in [0.717, 1.165) is 22.8 Å². The molecule has 5 nitrogen and oxygen atoms in total. The van der Waals surface area contributed by atoms with Crippen LogP contribution in [0.5, 0.6) is 0 Å². The molecule has 0 saturated heterocycles. The van der Waals surface area contributed by atoms with Gasteiger partial charge in [-0.1, -0.05) is 5.92 Å². The summed E-state index contributed by atoms with van der Waals surface area (Å²) < 4.78 is 54.4. The summed E-state index contributed by atoms with van der Waals surface area (Å²) >= 11 is 0. The van der Waals surface area contributed by atoms with E-state index in [1.165, 1.54) is 12.1 Å². The first-order chi connectivity index (χ1) is 15.7. The van der Waals surface area contributed by atoms with Gasteiger partial charge in [0.15, 0.2) is 5.82 Å². The van der Waals surface area contributed by atoms with Crippen LogP contribution in [0.3, 0.4) is 0 Å². The molecule has 0 spiro atoms. The molecule has 2 aromatic carbocycles. The summed E-state index contributed by atoms with van der Waals surface area (Å²) in [6, 6.07) is 6.64. The highest BCUT2D eigenvalue weighted by atomic mass is 19.1. The number of benzene rings is 2. The second-order valence-electron chi connectivity index (χ2n) is 9.58. The molecule has 3 rings (SSSR count). The molecular weight excluding hydrogens is 447 g/mol. The molecule has 0 aliphatic heterocycles. The van der Waals surface area contributed by atoms with Gasteiger partial charge in [0.25, 0.3) is 0 Å². The van der Waals surface area contributed by atoms with E-state index in [2.05, 4.69) is 11.8 Å². The van der Waals surface area contributed by atoms with E-state index in [0.29, 0.717) is 6.07 Å². The minimum atomic E-state index is -1.03.